The van der Waals surface area contributed by atoms with E-state index < -0.39 is 0 Å². The predicted octanol–water partition coefficient (Wildman–Crippen LogP) is 5.08. The molecule has 3 N–H and O–H groups in total. The van der Waals surface area contributed by atoms with Crippen molar-refractivity contribution in [2.75, 3.05) is 26.2 Å². The lowest BCUT2D eigenvalue weighted by atomic mass is 9.97. The number of phenolic OH excluding ortho intramolecular Hbond substituents is 2. The summed E-state index contributed by atoms with van der Waals surface area (Å²) in [6.45, 7) is 4.13. The van der Waals surface area contributed by atoms with Crippen LogP contribution in [0.4, 0.5) is 0 Å². The molecule has 1 aliphatic rings. The number of carbonyl (C=O) groups excluding carboxylic acids is 1. The molecule has 1 aliphatic heterocycles. The maximum absolute atomic E-state index is 13.6. The molecule has 182 valence electrons. The highest BCUT2D eigenvalue weighted by atomic mass is 35.5. The number of quaternary nitrogens is 1. The van der Waals surface area contributed by atoms with Crippen LogP contribution in [0.1, 0.15) is 35.2 Å². The maximum atomic E-state index is 13.6. The highest BCUT2D eigenvalue weighted by molar-refractivity contribution is 7.22. The number of likely N-dealkylation sites (tertiary alicyclic amines) is 1. The van der Waals surface area contributed by atoms with Crippen molar-refractivity contribution in [3.8, 4) is 27.7 Å². The third-order valence-corrected chi connectivity index (χ3v) is 7.63. The number of benzene rings is 3. The molecule has 0 atom stereocenters. The fraction of sp³-hybridized carbons (Fsp3) is 0.250. The first-order valence-electron chi connectivity index (χ1n) is 11.7. The molecule has 0 aliphatic carbocycles. The van der Waals surface area contributed by atoms with Crippen molar-refractivity contribution in [1.29, 1.82) is 0 Å². The predicted molar refractivity (Wildman–Crippen MR) is 143 cm³/mol. The fourth-order valence-electron chi connectivity index (χ4n) is 4.59. The summed E-state index contributed by atoms with van der Waals surface area (Å²) in [7, 11) is 0. The summed E-state index contributed by atoms with van der Waals surface area (Å²) >= 11 is 1.46. The van der Waals surface area contributed by atoms with Gasteiger partial charge >= 0.3 is 0 Å². The molecule has 0 unspecified atom stereocenters. The van der Waals surface area contributed by atoms with Gasteiger partial charge in [-0.05, 0) is 91.6 Å². The molecule has 1 fully saturated rings. The van der Waals surface area contributed by atoms with E-state index in [1.54, 1.807) is 47.4 Å². The third-order valence-electron chi connectivity index (χ3n) is 6.43. The van der Waals surface area contributed by atoms with Crippen LogP contribution in [0.25, 0.3) is 20.5 Å². The van der Waals surface area contributed by atoms with Crippen molar-refractivity contribution in [3.63, 3.8) is 0 Å². The van der Waals surface area contributed by atoms with Crippen molar-refractivity contribution < 1.29 is 24.6 Å². The van der Waals surface area contributed by atoms with Crippen molar-refractivity contribution in [1.82, 2.24) is 0 Å². The highest BCUT2D eigenvalue weighted by Gasteiger charge is 2.22. The lowest BCUT2D eigenvalue weighted by Gasteiger charge is -2.23. The van der Waals surface area contributed by atoms with E-state index >= 15 is 0 Å². The van der Waals surface area contributed by atoms with Crippen LogP contribution in [0.15, 0.2) is 66.7 Å². The lowest BCUT2D eigenvalue weighted by molar-refractivity contribution is -0.904. The Morgan fingerprint density at radius 1 is 0.886 bits per heavy atom. The summed E-state index contributed by atoms with van der Waals surface area (Å²) in [4.78, 5) is 16.1. The van der Waals surface area contributed by atoms with Gasteiger partial charge in [0.15, 0.2) is 5.78 Å². The van der Waals surface area contributed by atoms with E-state index in [-0.39, 0.29) is 29.7 Å². The molecule has 3 aromatic carbocycles. The van der Waals surface area contributed by atoms with Crippen LogP contribution in [0.3, 0.4) is 0 Å². The fourth-order valence-corrected chi connectivity index (χ4v) is 5.83. The zero-order chi connectivity index (χ0) is 23.5. The van der Waals surface area contributed by atoms with E-state index in [4.69, 9.17) is 4.74 Å². The minimum Gasteiger partial charge on any atom is -0.508 e. The van der Waals surface area contributed by atoms with Crippen LogP contribution in [-0.2, 0) is 0 Å². The molecule has 4 aromatic rings. The number of halogens is 1. The van der Waals surface area contributed by atoms with Gasteiger partial charge in [0.2, 0.25) is 0 Å². The van der Waals surface area contributed by atoms with Crippen LogP contribution in [0.5, 0.6) is 17.2 Å². The van der Waals surface area contributed by atoms with Gasteiger partial charge in [-0.1, -0.05) is 0 Å². The van der Waals surface area contributed by atoms with Gasteiger partial charge in [0.1, 0.15) is 30.4 Å². The number of hydrogen-bond acceptors (Lipinski definition) is 5. The topological polar surface area (TPSA) is 71.2 Å². The normalized spacial score (nSPS) is 13.9. The number of piperidine rings is 1. The van der Waals surface area contributed by atoms with E-state index in [1.807, 2.05) is 24.3 Å². The summed E-state index contributed by atoms with van der Waals surface area (Å²) in [5.41, 5.74) is 2.04. The van der Waals surface area contributed by atoms with Crippen LogP contribution >= 0.6 is 23.7 Å². The molecule has 7 heteroatoms. The van der Waals surface area contributed by atoms with Gasteiger partial charge in [0.25, 0.3) is 0 Å². The second kappa shape index (κ2) is 11.1. The van der Waals surface area contributed by atoms with E-state index in [1.165, 1.54) is 43.7 Å². The van der Waals surface area contributed by atoms with Gasteiger partial charge in [-0.2, -0.15) is 0 Å². The number of rotatable bonds is 7. The Balaban J connectivity index is 0.00000289. The SMILES string of the molecule is Cl.O=C(c1ccc(OCC[NH+]2CCCCC2)cc1)c1c(-c2ccc(O)cc2)sc2cc(O)ccc12. The Morgan fingerprint density at radius 2 is 1.57 bits per heavy atom. The van der Waals surface area contributed by atoms with Crippen molar-refractivity contribution in [3.05, 3.63) is 77.9 Å². The Kier molecular flexibility index (Phi) is 7.96. The highest BCUT2D eigenvalue weighted by Crippen LogP contribution is 2.41. The summed E-state index contributed by atoms with van der Waals surface area (Å²) in [6, 6.07) is 19.3. The van der Waals surface area contributed by atoms with E-state index in [0.29, 0.717) is 17.7 Å². The number of thiophene rings is 1. The molecule has 35 heavy (non-hydrogen) atoms. The Labute approximate surface area is 215 Å². The number of hydrogen-bond donors (Lipinski definition) is 3. The molecule has 0 radical (unpaired) electrons. The largest absolute Gasteiger partial charge is 0.508 e. The minimum absolute atomic E-state index is 0. The molecule has 5 nitrogen and oxygen atoms in total. The average Bonchev–Trinajstić information content (AvgIpc) is 3.23. The average molecular weight is 511 g/mol. The van der Waals surface area contributed by atoms with Gasteiger partial charge in [-0.15, -0.1) is 23.7 Å². The zero-order valence-corrected chi connectivity index (χ0v) is 21.0. The first kappa shape index (κ1) is 25.0. The van der Waals surface area contributed by atoms with E-state index in [9.17, 15) is 15.0 Å². The molecule has 1 saturated heterocycles. The van der Waals surface area contributed by atoms with Gasteiger partial charge < -0.3 is 19.8 Å². The van der Waals surface area contributed by atoms with Crippen LogP contribution in [0, 0.1) is 0 Å². The standard InChI is InChI=1S/C28H27NO4S.ClH/c30-21-8-4-20(5-9-21)28-26(24-13-10-22(31)18-25(24)34-28)27(32)19-6-11-23(12-7-19)33-17-16-29-14-2-1-3-15-29;/h4-13,18,30-31H,1-3,14-17H2;1H/p+1. The van der Waals surface area contributed by atoms with Crippen LogP contribution < -0.4 is 9.64 Å². The monoisotopic (exact) mass is 510 g/mol. The van der Waals surface area contributed by atoms with Crippen LogP contribution in [0.2, 0.25) is 0 Å². The number of phenols is 2. The first-order valence-corrected chi connectivity index (χ1v) is 12.6. The van der Waals surface area contributed by atoms with Gasteiger partial charge in [0.05, 0.1) is 13.1 Å². The molecule has 5 rings (SSSR count). The zero-order valence-electron chi connectivity index (χ0n) is 19.3. The lowest BCUT2D eigenvalue weighted by Crippen LogP contribution is -3.13. The Hall–Kier alpha value is -3.06. The van der Waals surface area contributed by atoms with Gasteiger partial charge in [-0.25, -0.2) is 0 Å². The minimum atomic E-state index is -0.0793. The molecule has 0 bridgehead atoms. The summed E-state index contributed by atoms with van der Waals surface area (Å²) in [6.07, 6.45) is 3.94. The van der Waals surface area contributed by atoms with Gasteiger partial charge in [0, 0.05) is 26.1 Å². The molecule has 0 spiro atoms. The molecule has 0 amide bonds. The third kappa shape index (κ3) is 5.61. The number of ketones is 1. The maximum Gasteiger partial charge on any atom is 0.195 e. The number of aromatic hydroxyl groups is 2. The Morgan fingerprint density at radius 3 is 2.29 bits per heavy atom. The number of ether oxygens (including phenoxy) is 1. The van der Waals surface area contributed by atoms with Crippen molar-refractivity contribution in [2.45, 2.75) is 19.3 Å². The van der Waals surface area contributed by atoms with Crippen LogP contribution in [-0.4, -0.2) is 42.2 Å². The second-order valence-corrected chi connectivity index (χ2v) is 9.85. The van der Waals surface area contributed by atoms with Crippen molar-refractivity contribution in [2.24, 2.45) is 0 Å². The molecule has 2 heterocycles. The first-order chi connectivity index (χ1) is 16.6. The molecule has 0 saturated carbocycles. The quantitative estimate of drug-likeness (QED) is 0.303. The van der Waals surface area contributed by atoms with E-state index in [2.05, 4.69) is 0 Å². The summed E-state index contributed by atoms with van der Waals surface area (Å²) in [5, 5.41) is 20.4. The van der Waals surface area contributed by atoms with E-state index in [0.717, 1.165) is 32.8 Å². The molecular weight excluding hydrogens is 482 g/mol. The molecule has 1 aromatic heterocycles. The number of carbonyl (C=O) groups is 1. The smallest absolute Gasteiger partial charge is 0.195 e. The Bertz CT molecular complexity index is 1300. The van der Waals surface area contributed by atoms with Gasteiger partial charge in [-0.3, -0.25) is 4.79 Å². The van der Waals surface area contributed by atoms with Crippen molar-refractivity contribution >= 4 is 39.6 Å². The number of nitrogens with one attached hydrogen (secondary N) is 1. The second-order valence-electron chi connectivity index (χ2n) is 8.80. The summed E-state index contributed by atoms with van der Waals surface area (Å²) < 4.78 is 6.78. The summed E-state index contributed by atoms with van der Waals surface area (Å²) in [5.74, 6) is 1.03. The molecular formula is C28H29ClNO4S+. The number of fused-ring (bicyclic) bond motifs is 1.